The maximum absolute atomic E-state index is 12.5. The van der Waals surface area contributed by atoms with Gasteiger partial charge in [0.05, 0.1) is 22.6 Å². The van der Waals surface area contributed by atoms with E-state index < -0.39 is 0 Å². The van der Waals surface area contributed by atoms with E-state index >= 15 is 0 Å². The molecule has 2 heterocycles. The molecule has 0 bridgehead atoms. The quantitative estimate of drug-likeness (QED) is 0.508. The third-order valence-electron chi connectivity index (χ3n) is 4.54. The Hall–Kier alpha value is -3.26. The Bertz CT molecular complexity index is 1170. The van der Waals surface area contributed by atoms with E-state index in [1.807, 2.05) is 44.2 Å². The summed E-state index contributed by atoms with van der Waals surface area (Å²) in [6.45, 7) is 6.13. The Morgan fingerprint density at radius 3 is 2.69 bits per heavy atom. The molecule has 0 atom stereocenters. The molecule has 1 N–H and O–H groups in total. The number of pyridine rings is 1. The second-order valence-corrected chi connectivity index (χ2v) is 7.78. The zero-order valence-electron chi connectivity index (χ0n) is 16.4. The van der Waals surface area contributed by atoms with E-state index in [-0.39, 0.29) is 11.7 Å². The van der Waals surface area contributed by atoms with Gasteiger partial charge in [0.1, 0.15) is 0 Å². The number of anilines is 1. The zero-order chi connectivity index (χ0) is 20.4. The summed E-state index contributed by atoms with van der Waals surface area (Å²) in [7, 11) is 0. The summed E-state index contributed by atoms with van der Waals surface area (Å²) in [5.74, 6) is 0.0688. The van der Waals surface area contributed by atoms with Crippen molar-refractivity contribution in [1.82, 2.24) is 25.2 Å². The summed E-state index contributed by atoms with van der Waals surface area (Å²) in [6, 6.07) is 13.7. The van der Waals surface area contributed by atoms with Gasteiger partial charge in [0.15, 0.2) is 0 Å². The second kappa shape index (κ2) is 8.00. The van der Waals surface area contributed by atoms with Crippen molar-refractivity contribution in [3.63, 3.8) is 0 Å². The molecular formula is C21H20N6OS. The third kappa shape index (κ3) is 3.97. The van der Waals surface area contributed by atoms with Gasteiger partial charge in [-0.25, -0.2) is 0 Å². The van der Waals surface area contributed by atoms with Gasteiger partial charge in [-0.3, -0.25) is 9.78 Å². The van der Waals surface area contributed by atoms with Gasteiger partial charge in [-0.1, -0.05) is 35.5 Å². The van der Waals surface area contributed by atoms with Crippen molar-refractivity contribution in [2.24, 2.45) is 0 Å². The first-order valence-corrected chi connectivity index (χ1v) is 10.1. The van der Waals surface area contributed by atoms with Crippen molar-refractivity contribution in [1.29, 1.82) is 0 Å². The summed E-state index contributed by atoms with van der Waals surface area (Å²) in [5.41, 5.74) is 5.89. The van der Waals surface area contributed by atoms with Gasteiger partial charge >= 0.3 is 0 Å². The SMILES string of the molecule is Cc1cc(C)c(-n2nnnc2SCC(=O)Nc2cccc3ncccc23)c(C)c1. The Morgan fingerprint density at radius 2 is 1.90 bits per heavy atom. The Kier molecular flexibility index (Phi) is 5.26. The molecule has 0 radical (unpaired) electrons. The van der Waals surface area contributed by atoms with Crippen LogP contribution in [0.15, 0.2) is 53.8 Å². The largest absolute Gasteiger partial charge is 0.325 e. The molecule has 0 unspecified atom stereocenters. The van der Waals surface area contributed by atoms with Crippen molar-refractivity contribution in [3.05, 3.63) is 65.4 Å². The summed E-state index contributed by atoms with van der Waals surface area (Å²) in [4.78, 5) is 16.9. The molecule has 0 saturated heterocycles. The highest BCUT2D eigenvalue weighted by Crippen LogP contribution is 2.25. The van der Waals surface area contributed by atoms with Gasteiger partial charge in [0.2, 0.25) is 11.1 Å². The molecule has 29 heavy (non-hydrogen) atoms. The Labute approximate surface area is 172 Å². The van der Waals surface area contributed by atoms with Crippen LogP contribution in [0.1, 0.15) is 16.7 Å². The molecule has 0 aliphatic rings. The van der Waals surface area contributed by atoms with E-state index in [1.165, 1.54) is 17.3 Å². The van der Waals surface area contributed by atoms with Gasteiger partial charge in [-0.05, 0) is 66.6 Å². The minimum Gasteiger partial charge on any atom is -0.325 e. The van der Waals surface area contributed by atoms with Gasteiger partial charge in [0, 0.05) is 11.6 Å². The molecule has 4 rings (SSSR count). The maximum Gasteiger partial charge on any atom is 0.234 e. The molecule has 0 fully saturated rings. The highest BCUT2D eigenvalue weighted by Gasteiger charge is 2.16. The molecule has 8 heteroatoms. The fourth-order valence-corrected chi connectivity index (χ4v) is 4.12. The average molecular weight is 404 g/mol. The lowest BCUT2D eigenvalue weighted by Crippen LogP contribution is -2.15. The number of amides is 1. The van der Waals surface area contributed by atoms with E-state index in [9.17, 15) is 4.79 Å². The molecule has 4 aromatic rings. The van der Waals surface area contributed by atoms with E-state index in [2.05, 4.69) is 44.9 Å². The van der Waals surface area contributed by atoms with Crippen LogP contribution in [-0.2, 0) is 4.79 Å². The fraction of sp³-hybridized carbons (Fsp3) is 0.190. The monoisotopic (exact) mass is 404 g/mol. The number of fused-ring (bicyclic) bond motifs is 1. The summed E-state index contributed by atoms with van der Waals surface area (Å²) < 4.78 is 1.70. The number of benzene rings is 2. The van der Waals surface area contributed by atoms with Crippen LogP contribution in [0.25, 0.3) is 16.6 Å². The zero-order valence-corrected chi connectivity index (χ0v) is 17.2. The van der Waals surface area contributed by atoms with Crippen molar-refractivity contribution in [3.8, 4) is 5.69 Å². The number of tetrazole rings is 1. The smallest absolute Gasteiger partial charge is 0.234 e. The first-order valence-electron chi connectivity index (χ1n) is 9.16. The van der Waals surface area contributed by atoms with Gasteiger partial charge in [0.25, 0.3) is 0 Å². The first kappa shape index (κ1) is 19.1. The van der Waals surface area contributed by atoms with Crippen LogP contribution in [-0.4, -0.2) is 36.9 Å². The normalized spacial score (nSPS) is 11.0. The number of rotatable bonds is 5. The standard InChI is InChI=1S/C21H20N6OS/c1-13-10-14(2)20(15(3)11-13)27-21(24-25-26-27)29-12-19(28)23-18-8-4-7-17-16(18)6-5-9-22-17/h4-11H,12H2,1-3H3,(H,23,28). The van der Waals surface area contributed by atoms with Gasteiger partial charge in [-0.15, -0.1) is 5.10 Å². The number of nitrogens with one attached hydrogen (secondary N) is 1. The fourth-order valence-electron chi connectivity index (χ4n) is 3.44. The van der Waals surface area contributed by atoms with Crippen LogP contribution in [0.2, 0.25) is 0 Å². The van der Waals surface area contributed by atoms with Crippen molar-refractivity contribution in [2.45, 2.75) is 25.9 Å². The maximum atomic E-state index is 12.5. The predicted octanol–water partition coefficient (Wildman–Crippen LogP) is 3.87. The number of nitrogens with zero attached hydrogens (tertiary/aromatic N) is 5. The number of hydrogen-bond donors (Lipinski definition) is 1. The molecular weight excluding hydrogens is 384 g/mol. The summed E-state index contributed by atoms with van der Waals surface area (Å²) >= 11 is 1.30. The van der Waals surface area contributed by atoms with Crippen LogP contribution in [0.5, 0.6) is 0 Å². The highest BCUT2D eigenvalue weighted by atomic mass is 32.2. The Balaban J connectivity index is 1.51. The molecule has 0 aliphatic heterocycles. The number of hydrogen-bond acceptors (Lipinski definition) is 6. The van der Waals surface area contributed by atoms with Gasteiger partial charge in [-0.2, -0.15) is 4.68 Å². The molecule has 2 aromatic carbocycles. The molecule has 146 valence electrons. The van der Waals surface area contributed by atoms with Crippen molar-refractivity contribution >= 4 is 34.3 Å². The minimum atomic E-state index is -0.127. The van der Waals surface area contributed by atoms with Crippen molar-refractivity contribution < 1.29 is 4.79 Å². The summed E-state index contributed by atoms with van der Waals surface area (Å²) in [5, 5.41) is 16.5. The molecule has 1 amide bonds. The van der Waals surface area contributed by atoms with Crippen LogP contribution < -0.4 is 5.32 Å². The predicted molar refractivity (Wildman–Crippen MR) is 114 cm³/mol. The van der Waals surface area contributed by atoms with E-state index in [4.69, 9.17) is 0 Å². The van der Waals surface area contributed by atoms with Crippen LogP contribution >= 0.6 is 11.8 Å². The van der Waals surface area contributed by atoms with Crippen LogP contribution in [0, 0.1) is 20.8 Å². The molecule has 0 spiro atoms. The number of aryl methyl sites for hydroxylation is 3. The number of thioether (sulfide) groups is 1. The first-order chi connectivity index (χ1) is 14.0. The third-order valence-corrected chi connectivity index (χ3v) is 5.46. The van der Waals surface area contributed by atoms with Crippen molar-refractivity contribution in [2.75, 3.05) is 11.1 Å². The number of carbonyl (C=O) groups excluding carboxylic acids is 1. The topological polar surface area (TPSA) is 85.6 Å². The van der Waals surface area contributed by atoms with E-state index in [0.29, 0.717) is 5.16 Å². The molecule has 0 aliphatic carbocycles. The lowest BCUT2D eigenvalue weighted by atomic mass is 10.1. The molecule has 7 nitrogen and oxygen atoms in total. The molecule has 2 aromatic heterocycles. The second-order valence-electron chi connectivity index (χ2n) is 6.83. The van der Waals surface area contributed by atoms with Crippen LogP contribution in [0.4, 0.5) is 5.69 Å². The lowest BCUT2D eigenvalue weighted by molar-refractivity contribution is -0.113. The summed E-state index contributed by atoms with van der Waals surface area (Å²) in [6.07, 6.45) is 1.73. The average Bonchev–Trinajstić information content (AvgIpc) is 3.14. The van der Waals surface area contributed by atoms with E-state index in [1.54, 1.807) is 10.9 Å². The lowest BCUT2D eigenvalue weighted by Gasteiger charge is -2.12. The van der Waals surface area contributed by atoms with Crippen LogP contribution in [0.3, 0.4) is 0 Å². The minimum absolute atomic E-state index is 0.127. The highest BCUT2D eigenvalue weighted by molar-refractivity contribution is 7.99. The number of aromatic nitrogens is 5. The Morgan fingerprint density at radius 1 is 1.10 bits per heavy atom. The van der Waals surface area contributed by atoms with Gasteiger partial charge < -0.3 is 5.32 Å². The molecule has 0 saturated carbocycles. The number of carbonyl (C=O) groups is 1. The van der Waals surface area contributed by atoms with E-state index in [0.717, 1.165) is 33.4 Å².